The van der Waals surface area contributed by atoms with Crippen LogP contribution in [0.4, 0.5) is 0 Å². The second kappa shape index (κ2) is 6.62. The molecule has 1 aliphatic heterocycles. The third kappa shape index (κ3) is 2.43. The number of oxime groups is 1. The zero-order valence-electron chi connectivity index (χ0n) is 22.7. The molecule has 1 heterocycles. The van der Waals surface area contributed by atoms with Crippen molar-refractivity contribution in [2.24, 2.45) is 61.3 Å². The largest absolute Gasteiger partial charge is 0.461 e. The molecule has 34 heavy (non-hydrogen) atoms. The van der Waals surface area contributed by atoms with Gasteiger partial charge in [0.15, 0.2) is 0 Å². The normalized spacial score (nSPS) is 56.0. The Balaban J connectivity index is 1.41. The van der Waals surface area contributed by atoms with Crippen LogP contribution in [0.15, 0.2) is 5.16 Å². The smallest absolute Gasteiger partial charge is 0.312 e. The van der Waals surface area contributed by atoms with Crippen molar-refractivity contribution in [2.45, 2.75) is 119 Å². The van der Waals surface area contributed by atoms with Crippen molar-refractivity contribution >= 4 is 11.7 Å². The van der Waals surface area contributed by atoms with Crippen molar-refractivity contribution in [2.75, 3.05) is 0 Å². The Hall–Kier alpha value is -1.06. The molecule has 5 saturated carbocycles. The molecule has 6 rings (SSSR count). The topological polar surface area (TPSA) is 58.9 Å². The molecule has 0 aromatic heterocycles. The summed E-state index contributed by atoms with van der Waals surface area (Å²) < 4.78 is 6.28. The molecule has 5 aliphatic carbocycles. The number of fused-ring (bicyclic) bond motifs is 5. The molecule has 0 unspecified atom stereocenters. The lowest BCUT2D eigenvalue weighted by molar-refractivity contribution is -0.235. The minimum atomic E-state index is -0.200. The van der Waals surface area contributed by atoms with Crippen LogP contribution in [0.3, 0.4) is 0 Å². The number of nitrogens with zero attached hydrogens (tertiary/aromatic N) is 1. The van der Waals surface area contributed by atoms with Crippen molar-refractivity contribution in [3.63, 3.8) is 0 Å². The summed E-state index contributed by atoms with van der Waals surface area (Å²) in [6.07, 6.45) is 11.5. The van der Waals surface area contributed by atoms with Crippen LogP contribution in [0.1, 0.15) is 113 Å². The third-order valence-corrected chi connectivity index (χ3v) is 14.0. The molecular formula is C30H47NO3. The van der Waals surface area contributed by atoms with Gasteiger partial charge in [-0.25, -0.2) is 0 Å². The SMILES string of the molecule is CC1(C)CC[C@@]23CC[C@]4(C)[C@@H](CC[C@@H]5[C@@]6(C)CC/C(=N/O)C(C)(C)[C@@H]6CC[C@]54C)[C@H]2[C@H]1OC3=O. The lowest BCUT2D eigenvalue weighted by atomic mass is 9.31. The lowest BCUT2D eigenvalue weighted by Gasteiger charge is -2.72. The molecular weight excluding hydrogens is 422 g/mol. The molecule has 0 spiro atoms. The molecule has 0 amide bonds. The summed E-state index contributed by atoms with van der Waals surface area (Å²) in [7, 11) is 0. The summed E-state index contributed by atoms with van der Waals surface area (Å²) in [6, 6.07) is 0. The van der Waals surface area contributed by atoms with Gasteiger partial charge in [-0.3, -0.25) is 4.79 Å². The maximum Gasteiger partial charge on any atom is 0.312 e. The van der Waals surface area contributed by atoms with E-state index in [1.807, 2.05) is 0 Å². The predicted molar refractivity (Wildman–Crippen MR) is 134 cm³/mol. The third-order valence-electron chi connectivity index (χ3n) is 14.0. The first-order valence-electron chi connectivity index (χ1n) is 14.2. The van der Waals surface area contributed by atoms with Crippen molar-refractivity contribution in [3.8, 4) is 0 Å². The number of esters is 1. The minimum absolute atomic E-state index is 0.0375. The average molecular weight is 470 g/mol. The fourth-order valence-electron chi connectivity index (χ4n) is 11.8. The monoisotopic (exact) mass is 469 g/mol. The Morgan fingerprint density at radius 1 is 0.824 bits per heavy atom. The molecule has 4 heteroatoms. The first-order valence-corrected chi connectivity index (χ1v) is 14.2. The van der Waals surface area contributed by atoms with Crippen LogP contribution in [0.25, 0.3) is 0 Å². The Morgan fingerprint density at radius 2 is 1.53 bits per heavy atom. The van der Waals surface area contributed by atoms with E-state index >= 15 is 0 Å². The van der Waals surface area contributed by atoms with Crippen molar-refractivity contribution in [3.05, 3.63) is 0 Å². The molecule has 6 fully saturated rings. The maximum absolute atomic E-state index is 13.4. The number of ether oxygens (including phenoxy) is 1. The number of hydrogen-bond acceptors (Lipinski definition) is 4. The van der Waals surface area contributed by atoms with Gasteiger partial charge in [-0.15, -0.1) is 0 Å². The molecule has 1 saturated heterocycles. The fourth-order valence-corrected chi connectivity index (χ4v) is 11.8. The molecule has 4 nitrogen and oxygen atoms in total. The molecule has 0 aromatic rings. The van der Waals surface area contributed by atoms with Gasteiger partial charge in [0.2, 0.25) is 0 Å². The van der Waals surface area contributed by atoms with Gasteiger partial charge in [0.05, 0.1) is 11.1 Å². The highest BCUT2D eigenvalue weighted by Crippen LogP contribution is 2.78. The van der Waals surface area contributed by atoms with Gasteiger partial charge in [0.25, 0.3) is 0 Å². The van der Waals surface area contributed by atoms with Crippen LogP contribution in [0.2, 0.25) is 0 Å². The molecule has 6 aliphatic rings. The Bertz CT molecular complexity index is 953. The zero-order valence-corrected chi connectivity index (χ0v) is 22.7. The minimum Gasteiger partial charge on any atom is -0.461 e. The Morgan fingerprint density at radius 3 is 2.24 bits per heavy atom. The van der Waals surface area contributed by atoms with E-state index in [1.165, 1.54) is 32.1 Å². The van der Waals surface area contributed by atoms with Gasteiger partial charge in [-0.05, 0) is 98.2 Å². The summed E-state index contributed by atoms with van der Waals surface area (Å²) in [6.45, 7) is 17.2. The molecule has 9 atom stereocenters. The summed E-state index contributed by atoms with van der Waals surface area (Å²) in [5, 5.41) is 13.5. The first-order chi connectivity index (χ1) is 15.8. The van der Waals surface area contributed by atoms with E-state index in [9.17, 15) is 10.0 Å². The quantitative estimate of drug-likeness (QED) is 0.231. The van der Waals surface area contributed by atoms with Gasteiger partial charge < -0.3 is 9.94 Å². The van der Waals surface area contributed by atoms with Gasteiger partial charge in [0, 0.05) is 16.7 Å². The predicted octanol–water partition coefficient (Wildman–Crippen LogP) is 7.23. The Kier molecular flexibility index (Phi) is 4.55. The van der Waals surface area contributed by atoms with Crippen LogP contribution >= 0.6 is 0 Å². The standard InChI is InChI=1S/C30H47NO3/c1-25(2)14-16-30-17-15-28(6)18(22(30)23(25)34-24(30)32)8-9-20-27(5)12-11-21(31-33)26(3,4)19(27)10-13-29(20,28)7/h18-20,22-23,33H,8-17H2,1-7H3/b31-21-/t18-,19-,20+,22-,23+,27-,28+,29+,30+/m0/s1. The van der Waals surface area contributed by atoms with E-state index in [-0.39, 0.29) is 44.6 Å². The molecule has 0 aromatic carbocycles. The van der Waals surface area contributed by atoms with Gasteiger partial charge in [-0.1, -0.05) is 53.6 Å². The summed E-state index contributed by atoms with van der Waals surface area (Å²) in [4.78, 5) is 13.4. The van der Waals surface area contributed by atoms with Crippen LogP contribution in [0.5, 0.6) is 0 Å². The summed E-state index contributed by atoms with van der Waals surface area (Å²) in [5.74, 6) is 2.40. The van der Waals surface area contributed by atoms with E-state index in [0.717, 1.165) is 37.8 Å². The van der Waals surface area contributed by atoms with Crippen LogP contribution < -0.4 is 0 Å². The van der Waals surface area contributed by atoms with Crippen LogP contribution in [-0.2, 0) is 9.53 Å². The number of carbonyl (C=O) groups is 1. The number of hydrogen-bond donors (Lipinski definition) is 1. The van der Waals surface area contributed by atoms with E-state index in [0.29, 0.717) is 23.7 Å². The number of rotatable bonds is 0. The second-order valence-electron chi connectivity index (χ2n) is 15.4. The summed E-state index contributed by atoms with van der Waals surface area (Å²) in [5.41, 5.74) is 1.69. The molecule has 0 radical (unpaired) electrons. The van der Waals surface area contributed by atoms with Crippen molar-refractivity contribution in [1.82, 2.24) is 0 Å². The van der Waals surface area contributed by atoms with E-state index in [1.54, 1.807) is 0 Å². The highest BCUT2D eigenvalue weighted by Gasteiger charge is 2.75. The molecule has 1 N–H and O–H groups in total. The van der Waals surface area contributed by atoms with E-state index in [4.69, 9.17) is 4.74 Å². The molecule has 190 valence electrons. The second-order valence-corrected chi connectivity index (χ2v) is 15.4. The van der Waals surface area contributed by atoms with Crippen molar-refractivity contribution < 1.29 is 14.7 Å². The zero-order chi connectivity index (χ0) is 24.5. The summed E-state index contributed by atoms with van der Waals surface area (Å²) >= 11 is 0. The highest BCUT2D eigenvalue weighted by atomic mass is 16.6. The van der Waals surface area contributed by atoms with Crippen LogP contribution in [-0.4, -0.2) is 23.0 Å². The van der Waals surface area contributed by atoms with Gasteiger partial charge in [-0.2, -0.15) is 0 Å². The van der Waals surface area contributed by atoms with E-state index < -0.39 is 0 Å². The van der Waals surface area contributed by atoms with E-state index in [2.05, 4.69) is 53.6 Å². The average Bonchev–Trinajstić information content (AvgIpc) is 3.01. The fraction of sp³-hybridized carbons (Fsp3) is 0.933. The highest BCUT2D eigenvalue weighted by molar-refractivity contribution is 5.90. The van der Waals surface area contributed by atoms with Crippen molar-refractivity contribution in [1.29, 1.82) is 0 Å². The van der Waals surface area contributed by atoms with Gasteiger partial charge in [0.1, 0.15) is 6.10 Å². The van der Waals surface area contributed by atoms with Crippen LogP contribution in [0, 0.1) is 56.2 Å². The van der Waals surface area contributed by atoms with Gasteiger partial charge >= 0.3 is 5.97 Å². The first kappa shape index (κ1) is 23.3. The lowest BCUT2D eigenvalue weighted by Crippen LogP contribution is -2.67. The maximum atomic E-state index is 13.4. The number of carbonyl (C=O) groups excluding carboxylic acids is 1. The molecule has 2 bridgehead atoms. The Labute approximate surface area is 206 Å².